The van der Waals surface area contributed by atoms with Gasteiger partial charge in [-0.25, -0.2) is 0 Å². The molecule has 3 atom stereocenters. The zero-order valence-corrected chi connectivity index (χ0v) is 12.1. The summed E-state index contributed by atoms with van der Waals surface area (Å²) in [7, 11) is 0. The lowest BCUT2D eigenvalue weighted by molar-refractivity contribution is 0.0655. The second kappa shape index (κ2) is 6.74. The lowest BCUT2D eigenvalue weighted by Crippen LogP contribution is -2.37. The summed E-state index contributed by atoms with van der Waals surface area (Å²) in [5.74, 6) is 1.39. The van der Waals surface area contributed by atoms with Crippen LogP contribution < -0.4 is 4.74 Å². The molecule has 108 valence electrons. The SMILES string of the molecule is CC1CC(C)N(CC(O)COc2ccc(C#N)cc2)C1. The number of likely N-dealkylation sites (tertiary alicyclic amines) is 1. The summed E-state index contributed by atoms with van der Waals surface area (Å²) in [4.78, 5) is 2.32. The molecule has 20 heavy (non-hydrogen) atoms. The van der Waals surface area contributed by atoms with Crippen molar-refractivity contribution in [3.8, 4) is 11.8 Å². The summed E-state index contributed by atoms with van der Waals surface area (Å²) in [6.07, 6.45) is 0.710. The fraction of sp³-hybridized carbons (Fsp3) is 0.562. The first-order chi connectivity index (χ1) is 9.58. The summed E-state index contributed by atoms with van der Waals surface area (Å²) in [6, 6.07) is 9.54. The molecule has 4 nitrogen and oxygen atoms in total. The predicted octanol–water partition coefficient (Wildman–Crippen LogP) is 2.03. The minimum Gasteiger partial charge on any atom is -0.491 e. The Morgan fingerprint density at radius 3 is 2.65 bits per heavy atom. The third kappa shape index (κ3) is 3.96. The molecular formula is C16H22N2O2. The van der Waals surface area contributed by atoms with Crippen LogP contribution in [0.4, 0.5) is 0 Å². The number of nitriles is 1. The highest BCUT2D eigenvalue weighted by Crippen LogP contribution is 2.22. The molecule has 4 heteroatoms. The van der Waals surface area contributed by atoms with Gasteiger partial charge in [-0.1, -0.05) is 6.92 Å². The van der Waals surface area contributed by atoms with E-state index in [1.807, 2.05) is 0 Å². The van der Waals surface area contributed by atoms with Crippen LogP contribution in [0.15, 0.2) is 24.3 Å². The van der Waals surface area contributed by atoms with Gasteiger partial charge >= 0.3 is 0 Å². The first kappa shape index (κ1) is 14.8. The number of aliphatic hydroxyl groups is 1. The first-order valence-corrected chi connectivity index (χ1v) is 7.13. The molecule has 1 saturated heterocycles. The first-order valence-electron chi connectivity index (χ1n) is 7.13. The normalized spacial score (nSPS) is 24.3. The zero-order chi connectivity index (χ0) is 14.5. The average molecular weight is 274 g/mol. The van der Waals surface area contributed by atoms with Crippen molar-refractivity contribution in [2.24, 2.45) is 5.92 Å². The van der Waals surface area contributed by atoms with E-state index < -0.39 is 6.10 Å². The number of hydrogen-bond acceptors (Lipinski definition) is 4. The molecule has 1 aromatic rings. The van der Waals surface area contributed by atoms with E-state index in [4.69, 9.17) is 10.00 Å². The van der Waals surface area contributed by atoms with E-state index in [9.17, 15) is 5.11 Å². The molecule has 3 unspecified atom stereocenters. The Hall–Kier alpha value is -1.57. The van der Waals surface area contributed by atoms with Gasteiger partial charge in [0.1, 0.15) is 18.5 Å². The van der Waals surface area contributed by atoms with E-state index in [0.717, 1.165) is 6.54 Å². The summed E-state index contributed by atoms with van der Waals surface area (Å²) in [6.45, 7) is 6.44. The Bertz CT molecular complexity index is 466. The largest absolute Gasteiger partial charge is 0.491 e. The van der Waals surface area contributed by atoms with Crippen molar-refractivity contribution in [2.45, 2.75) is 32.4 Å². The van der Waals surface area contributed by atoms with Gasteiger partial charge in [0.2, 0.25) is 0 Å². The maximum atomic E-state index is 10.1. The molecule has 1 aliphatic heterocycles. The Morgan fingerprint density at radius 2 is 2.10 bits per heavy atom. The second-order valence-electron chi connectivity index (χ2n) is 5.74. The maximum Gasteiger partial charge on any atom is 0.119 e. The molecule has 1 fully saturated rings. The van der Waals surface area contributed by atoms with E-state index in [1.165, 1.54) is 6.42 Å². The van der Waals surface area contributed by atoms with Gasteiger partial charge in [-0.15, -0.1) is 0 Å². The third-order valence-corrected chi connectivity index (χ3v) is 3.78. The monoisotopic (exact) mass is 274 g/mol. The maximum absolute atomic E-state index is 10.1. The molecule has 0 aliphatic carbocycles. The van der Waals surface area contributed by atoms with E-state index in [1.54, 1.807) is 24.3 Å². The smallest absolute Gasteiger partial charge is 0.119 e. The van der Waals surface area contributed by atoms with Crippen molar-refractivity contribution >= 4 is 0 Å². The lowest BCUT2D eigenvalue weighted by atomic mass is 10.1. The topological polar surface area (TPSA) is 56.5 Å². The molecule has 1 N–H and O–H groups in total. The van der Waals surface area contributed by atoms with Crippen molar-refractivity contribution in [3.63, 3.8) is 0 Å². The van der Waals surface area contributed by atoms with Gasteiger partial charge in [0, 0.05) is 19.1 Å². The molecule has 0 bridgehead atoms. The number of β-amino-alcohol motifs (C(OH)–C–C–N with tert-alkyl or cyclic N) is 1. The molecule has 1 heterocycles. The highest BCUT2D eigenvalue weighted by molar-refractivity contribution is 5.34. The minimum absolute atomic E-state index is 0.281. The van der Waals surface area contributed by atoms with Crippen molar-refractivity contribution < 1.29 is 9.84 Å². The number of nitrogens with zero attached hydrogens (tertiary/aromatic N) is 2. The summed E-state index contributed by atoms with van der Waals surface area (Å²) >= 11 is 0. The lowest BCUT2D eigenvalue weighted by Gasteiger charge is -2.24. The second-order valence-corrected chi connectivity index (χ2v) is 5.74. The minimum atomic E-state index is -0.488. The van der Waals surface area contributed by atoms with Gasteiger partial charge < -0.3 is 9.84 Å². The van der Waals surface area contributed by atoms with E-state index in [-0.39, 0.29) is 6.61 Å². The van der Waals surface area contributed by atoms with Crippen molar-refractivity contribution in [2.75, 3.05) is 19.7 Å². The van der Waals surface area contributed by atoms with Crippen LogP contribution >= 0.6 is 0 Å². The molecule has 0 aromatic heterocycles. The number of benzene rings is 1. The number of rotatable bonds is 5. The van der Waals surface area contributed by atoms with Crippen LogP contribution in [0.5, 0.6) is 5.75 Å². The summed E-state index contributed by atoms with van der Waals surface area (Å²) in [5.41, 5.74) is 0.609. The quantitative estimate of drug-likeness (QED) is 0.892. The van der Waals surface area contributed by atoms with Crippen LogP contribution in [-0.4, -0.2) is 41.8 Å². The number of ether oxygens (including phenoxy) is 1. The summed E-state index contributed by atoms with van der Waals surface area (Å²) in [5, 5.41) is 18.8. The van der Waals surface area contributed by atoms with E-state index >= 15 is 0 Å². The van der Waals surface area contributed by atoms with Crippen LogP contribution in [0.2, 0.25) is 0 Å². The predicted molar refractivity (Wildman–Crippen MR) is 77.5 cm³/mol. The molecule has 0 saturated carbocycles. The van der Waals surface area contributed by atoms with Crippen molar-refractivity contribution in [1.82, 2.24) is 4.90 Å². The highest BCUT2D eigenvalue weighted by Gasteiger charge is 2.27. The van der Waals surface area contributed by atoms with Gasteiger partial charge in [-0.2, -0.15) is 5.26 Å². The van der Waals surface area contributed by atoms with Gasteiger partial charge in [0.25, 0.3) is 0 Å². The molecule has 1 aromatic carbocycles. The molecule has 0 amide bonds. The van der Waals surface area contributed by atoms with Crippen molar-refractivity contribution in [3.05, 3.63) is 29.8 Å². The Morgan fingerprint density at radius 1 is 1.40 bits per heavy atom. The Kier molecular flexibility index (Phi) is 4.99. The highest BCUT2D eigenvalue weighted by atomic mass is 16.5. The number of aliphatic hydroxyl groups excluding tert-OH is 1. The summed E-state index contributed by atoms with van der Waals surface area (Å²) < 4.78 is 5.55. The van der Waals surface area contributed by atoms with E-state index in [0.29, 0.717) is 29.8 Å². The number of hydrogen-bond donors (Lipinski definition) is 1. The Balaban J connectivity index is 1.77. The molecule has 0 radical (unpaired) electrons. The molecule has 1 aliphatic rings. The molecular weight excluding hydrogens is 252 g/mol. The van der Waals surface area contributed by atoms with Crippen molar-refractivity contribution in [1.29, 1.82) is 5.26 Å². The van der Waals surface area contributed by atoms with Gasteiger partial charge in [-0.3, -0.25) is 4.90 Å². The molecule has 2 rings (SSSR count). The van der Waals surface area contributed by atoms with Crippen LogP contribution in [-0.2, 0) is 0 Å². The van der Waals surface area contributed by atoms with E-state index in [2.05, 4.69) is 24.8 Å². The van der Waals surface area contributed by atoms with Crippen LogP contribution in [0.3, 0.4) is 0 Å². The average Bonchev–Trinajstić information content (AvgIpc) is 2.75. The fourth-order valence-electron chi connectivity index (χ4n) is 2.78. The standard InChI is InChI=1S/C16H22N2O2/c1-12-7-13(2)18(9-12)10-15(19)11-20-16-5-3-14(8-17)4-6-16/h3-6,12-13,15,19H,7,9-11H2,1-2H3. The van der Waals surface area contributed by atoms with Gasteiger partial charge in [0.05, 0.1) is 11.6 Å². The van der Waals surface area contributed by atoms with Crippen LogP contribution in [0.25, 0.3) is 0 Å². The zero-order valence-electron chi connectivity index (χ0n) is 12.1. The van der Waals surface area contributed by atoms with Crippen LogP contribution in [0, 0.1) is 17.2 Å². The Labute approximate surface area is 120 Å². The fourth-order valence-corrected chi connectivity index (χ4v) is 2.78. The third-order valence-electron chi connectivity index (χ3n) is 3.78. The molecule has 0 spiro atoms. The van der Waals surface area contributed by atoms with Gasteiger partial charge in [-0.05, 0) is 43.5 Å². The van der Waals surface area contributed by atoms with Crippen LogP contribution in [0.1, 0.15) is 25.8 Å². The van der Waals surface area contributed by atoms with Gasteiger partial charge in [0.15, 0.2) is 0 Å².